The summed E-state index contributed by atoms with van der Waals surface area (Å²) >= 11 is 0. The van der Waals surface area contributed by atoms with Crippen molar-refractivity contribution in [2.75, 3.05) is 39.9 Å². The minimum absolute atomic E-state index is 0.0582. The molecule has 0 unspecified atom stereocenters. The molecule has 3 rings (SSSR count). The number of aldehydes is 1. The molecule has 1 saturated heterocycles. The number of carbonyl (C=O) groups excluding carboxylic acids is 2. The van der Waals surface area contributed by atoms with Crippen LogP contribution in [0, 0.1) is 0 Å². The Morgan fingerprint density at radius 1 is 1.00 bits per heavy atom. The number of carbonyl (C=O) groups is 2. The van der Waals surface area contributed by atoms with Crippen LogP contribution in [-0.4, -0.2) is 61.9 Å². The molecule has 2 aromatic rings. The molecule has 0 spiro atoms. The van der Waals surface area contributed by atoms with Gasteiger partial charge < -0.3 is 14.4 Å². The number of rotatable bonds is 7. The second-order valence-electron chi connectivity index (χ2n) is 6.41. The minimum atomic E-state index is -0.0624. The lowest BCUT2D eigenvalue weighted by atomic mass is 10.1. The highest BCUT2D eigenvalue weighted by atomic mass is 16.5. The van der Waals surface area contributed by atoms with Crippen molar-refractivity contribution >= 4 is 12.2 Å². The number of hydrogen-bond acceptors (Lipinski definition) is 5. The van der Waals surface area contributed by atoms with Crippen LogP contribution in [0.3, 0.4) is 0 Å². The monoisotopic (exact) mass is 368 g/mol. The van der Waals surface area contributed by atoms with Crippen LogP contribution in [-0.2, 0) is 11.3 Å². The highest BCUT2D eigenvalue weighted by molar-refractivity contribution is 5.81. The summed E-state index contributed by atoms with van der Waals surface area (Å²) in [6, 6.07) is 14.9. The van der Waals surface area contributed by atoms with Gasteiger partial charge in [0.05, 0.1) is 12.7 Å². The van der Waals surface area contributed by atoms with Crippen LogP contribution in [0.5, 0.6) is 11.5 Å². The average Bonchev–Trinajstić information content (AvgIpc) is 2.73. The molecule has 1 heterocycles. The Hall–Kier alpha value is -2.86. The molecule has 0 N–H and O–H groups in total. The predicted molar refractivity (Wildman–Crippen MR) is 102 cm³/mol. The van der Waals surface area contributed by atoms with Crippen LogP contribution in [0.15, 0.2) is 48.5 Å². The highest BCUT2D eigenvalue weighted by Gasteiger charge is 2.22. The molecule has 27 heavy (non-hydrogen) atoms. The van der Waals surface area contributed by atoms with Gasteiger partial charge in [0.15, 0.2) is 12.9 Å². The summed E-state index contributed by atoms with van der Waals surface area (Å²) in [5.74, 6) is 1.27. The second-order valence-corrected chi connectivity index (χ2v) is 6.41. The Morgan fingerprint density at radius 2 is 1.67 bits per heavy atom. The number of nitrogens with zero attached hydrogens (tertiary/aromatic N) is 2. The van der Waals surface area contributed by atoms with Crippen LogP contribution in [0.1, 0.15) is 15.9 Å². The van der Waals surface area contributed by atoms with E-state index in [1.807, 2.05) is 23.1 Å². The minimum Gasteiger partial charge on any atom is -0.496 e. The number of methoxy groups -OCH3 is 1. The first-order valence-corrected chi connectivity index (χ1v) is 9.00. The normalized spacial score (nSPS) is 14.6. The summed E-state index contributed by atoms with van der Waals surface area (Å²) in [7, 11) is 1.68. The molecule has 0 radical (unpaired) electrons. The summed E-state index contributed by atoms with van der Waals surface area (Å²) in [5.41, 5.74) is 1.60. The molecule has 1 amide bonds. The maximum atomic E-state index is 12.4. The number of hydrogen-bond donors (Lipinski definition) is 0. The third-order valence-electron chi connectivity index (χ3n) is 4.71. The van der Waals surface area contributed by atoms with Gasteiger partial charge in [0.1, 0.15) is 11.5 Å². The summed E-state index contributed by atoms with van der Waals surface area (Å²) in [5, 5.41) is 0. The van der Waals surface area contributed by atoms with Gasteiger partial charge in [-0.05, 0) is 18.2 Å². The van der Waals surface area contributed by atoms with Crippen molar-refractivity contribution in [3.8, 4) is 11.5 Å². The number of para-hydroxylation sites is 2. The molecule has 6 nitrogen and oxygen atoms in total. The lowest BCUT2D eigenvalue weighted by molar-refractivity contribution is -0.135. The molecule has 142 valence electrons. The molecule has 1 fully saturated rings. The van der Waals surface area contributed by atoms with Crippen molar-refractivity contribution in [1.82, 2.24) is 9.80 Å². The molecule has 1 aliphatic rings. The molecule has 0 saturated carbocycles. The van der Waals surface area contributed by atoms with Gasteiger partial charge >= 0.3 is 0 Å². The lowest BCUT2D eigenvalue weighted by Gasteiger charge is -2.34. The summed E-state index contributed by atoms with van der Waals surface area (Å²) in [6.45, 7) is 3.66. The Morgan fingerprint density at radius 3 is 2.37 bits per heavy atom. The van der Waals surface area contributed by atoms with E-state index in [2.05, 4.69) is 11.0 Å². The molecular weight excluding hydrogens is 344 g/mol. The van der Waals surface area contributed by atoms with E-state index in [1.165, 1.54) is 0 Å². The van der Waals surface area contributed by atoms with Crippen LogP contribution < -0.4 is 9.47 Å². The quantitative estimate of drug-likeness (QED) is 0.702. The molecule has 0 aromatic heterocycles. The van der Waals surface area contributed by atoms with E-state index in [0.29, 0.717) is 24.4 Å². The summed E-state index contributed by atoms with van der Waals surface area (Å²) in [4.78, 5) is 27.5. The lowest BCUT2D eigenvalue weighted by Crippen LogP contribution is -2.49. The SMILES string of the molecule is COc1ccccc1CN1CCN(C(=O)COc2ccccc2C=O)CC1. The largest absolute Gasteiger partial charge is 0.496 e. The summed E-state index contributed by atoms with van der Waals surface area (Å²) in [6.07, 6.45) is 0.733. The van der Waals surface area contributed by atoms with Crippen molar-refractivity contribution in [3.63, 3.8) is 0 Å². The van der Waals surface area contributed by atoms with E-state index >= 15 is 0 Å². The van der Waals surface area contributed by atoms with E-state index in [4.69, 9.17) is 9.47 Å². The fourth-order valence-corrected chi connectivity index (χ4v) is 3.17. The second kappa shape index (κ2) is 9.19. The smallest absolute Gasteiger partial charge is 0.260 e. The van der Waals surface area contributed by atoms with Crippen LogP contribution in [0.4, 0.5) is 0 Å². The maximum absolute atomic E-state index is 12.4. The first kappa shape index (κ1) is 18.9. The first-order chi connectivity index (χ1) is 13.2. The number of ether oxygens (including phenoxy) is 2. The Labute approximate surface area is 159 Å². The van der Waals surface area contributed by atoms with Crippen molar-refractivity contribution in [1.29, 1.82) is 0 Å². The van der Waals surface area contributed by atoms with Gasteiger partial charge in [-0.1, -0.05) is 30.3 Å². The van der Waals surface area contributed by atoms with E-state index in [-0.39, 0.29) is 12.5 Å². The summed E-state index contributed by atoms with van der Waals surface area (Å²) < 4.78 is 10.9. The zero-order chi connectivity index (χ0) is 19.1. The van der Waals surface area contributed by atoms with Crippen molar-refractivity contribution < 1.29 is 19.1 Å². The number of amides is 1. The van der Waals surface area contributed by atoms with Crippen LogP contribution in [0.2, 0.25) is 0 Å². The molecule has 6 heteroatoms. The zero-order valence-electron chi connectivity index (χ0n) is 15.5. The van der Waals surface area contributed by atoms with Gasteiger partial charge in [0, 0.05) is 38.3 Å². The third-order valence-corrected chi connectivity index (χ3v) is 4.71. The van der Waals surface area contributed by atoms with Gasteiger partial charge in [-0.15, -0.1) is 0 Å². The van der Waals surface area contributed by atoms with Crippen molar-refractivity contribution in [2.24, 2.45) is 0 Å². The van der Waals surface area contributed by atoms with Crippen molar-refractivity contribution in [2.45, 2.75) is 6.54 Å². The fourth-order valence-electron chi connectivity index (χ4n) is 3.17. The van der Waals surface area contributed by atoms with Gasteiger partial charge in [0.2, 0.25) is 0 Å². The Bertz CT molecular complexity index is 785. The number of benzene rings is 2. The van der Waals surface area contributed by atoms with Gasteiger partial charge in [-0.3, -0.25) is 14.5 Å². The fraction of sp³-hybridized carbons (Fsp3) is 0.333. The van der Waals surface area contributed by atoms with Crippen LogP contribution in [0.25, 0.3) is 0 Å². The molecule has 2 aromatic carbocycles. The molecule has 0 aliphatic carbocycles. The average molecular weight is 368 g/mol. The maximum Gasteiger partial charge on any atom is 0.260 e. The van der Waals surface area contributed by atoms with Gasteiger partial charge in [-0.2, -0.15) is 0 Å². The van der Waals surface area contributed by atoms with Crippen LogP contribution >= 0.6 is 0 Å². The standard InChI is InChI=1S/C21H24N2O4/c1-26-19-8-4-2-6-17(19)14-22-10-12-23(13-11-22)21(25)16-27-20-9-5-3-7-18(20)15-24/h2-9,15H,10-14,16H2,1H3. The highest BCUT2D eigenvalue weighted by Crippen LogP contribution is 2.20. The predicted octanol–water partition coefficient (Wildman–Crippen LogP) is 2.23. The Balaban J connectivity index is 1.48. The van der Waals surface area contributed by atoms with Crippen molar-refractivity contribution in [3.05, 3.63) is 59.7 Å². The van der Waals surface area contributed by atoms with E-state index in [0.717, 1.165) is 37.2 Å². The van der Waals surface area contributed by atoms with Gasteiger partial charge in [0.25, 0.3) is 5.91 Å². The zero-order valence-corrected chi connectivity index (χ0v) is 15.5. The van der Waals surface area contributed by atoms with E-state index in [1.54, 1.807) is 31.4 Å². The van der Waals surface area contributed by atoms with E-state index < -0.39 is 0 Å². The van der Waals surface area contributed by atoms with E-state index in [9.17, 15) is 9.59 Å². The number of piperazine rings is 1. The Kier molecular flexibility index (Phi) is 6.44. The molecular formula is C21H24N2O4. The van der Waals surface area contributed by atoms with Gasteiger partial charge in [-0.25, -0.2) is 0 Å². The molecule has 0 atom stereocenters. The third kappa shape index (κ3) is 4.86. The molecule has 1 aliphatic heterocycles. The molecule has 0 bridgehead atoms. The first-order valence-electron chi connectivity index (χ1n) is 9.00. The topological polar surface area (TPSA) is 59.1 Å².